The van der Waals surface area contributed by atoms with Crippen LogP contribution in [0.4, 0.5) is 0 Å². The molecule has 0 radical (unpaired) electrons. The number of carbonyl (C=O) groups is 2. The van der Waals surface area contributed by atoms with E-state index in [1.807, 2.05) is 0 Å². The summed E-state index contributed by atoms with van der Waals surface area (Å²) in [5.41, 5.74) is 4.52. The molecule has 1 rings (SSSR count). The number of hydrogen-bond donors (Lipinski definition) is 1. The largest absolute Gasteiger partial charge is 0.378 e. The highest BCUT2D eigenvalue weighted by Crippen LogP contribution is 1.97. The van der Waals surface area contributed by atoms with Gasteiger partial charge < -0.3 is 15.4 Å². The second kappa shape index (κ2) is 8.76. The molecule has 1 saturated heterocycles. The first-order chi connectivity index (χ1) is 7.11. The van der Waals surface area contributed by atoms with Crippen LogP contribution in [0.15, 0.2) is 0 Å². The van der Waals surface area contributed by atoms with Crippen LogP contribution < -0.4 is 5.73 Å². The average Bonchev–Trinajstić information content (AvgIpc) is 2.30. The first-order valence-corrected chi connectivity index (χ1v) is 5.44. The summed E-state index contributed by atoms with van der Waals surface area (Å²) in [6.45, 7) is 2.66. The number of nitrogens with two attached hydrogens (primary N) is 1. The Bertz CT molecular complexity index is 208. The molecule has 0 aromatic carbocycles. The molecule has 88 valence electrons. The van der Waals surface area contributed by atoms with Crippen molar-refractivity contribution in [1.82, 2.24) is 4.90 Å². The fourth-order valence-corrected chi connectivity index (χ4v) is 1.07. The van der Waals surface area contributed by atoms with Gasteiger partial charge in [-0.25, -0.2) is 0 Å². The Morgan fingerprint density at radius 1 is 1.20 bits per heavy atom. The van der Waals surface area contributed by atoms with Gasteiger partial charge in [-0.3, -0.25) is 9.59 Å². The smallest absolute Gasteiger partial charge is 0.237 e. The zero-order chi connectivity index (χ0) is 11.7. The Labute approximate surface area is 98.4 Å². The fraction of sp³-hybridized carbons (Fsp3) is 0.750. The second-order valence-corrected chi connectivity index (χ2v) is 3.26. The quantitative estimate of drug-likeness (QED) is 0.696. The van der Waals surface area contributed by atoms with Crippen molar-refractivity contribution in [2.75, 3.05) is 38.1 Å². The Morgan fingerprint density at radius 2 is 1.67 bits per heavy atom. The monoisotopic (exact) mass is 256 g/mol. The Morgan fingerprint density at radius 3 is 2.00 bits per heavy atom. The number of primary amides is 1. The molecule has 0 aliphatic carbocycles. The number of nitrogens with zero attached hydrogens (tertiary/aromatic N) is 1. The summed E-state index contributed by atoms with van der Waals surface area (Å²) in [6.07, 6.45) is 0. The second-order valence-electron chi connectivity index (χ2n) is 2.73. The van der Waals surface area contributed by atoms with Crippen molar-refractivity contribution in [1.29, 1.82) is 0 Å². The summed E-state index contributed by atoms with van der Waals surface area (Å²) in [5.74, 6) is -0.475. The minimum absolute atomic E-state index is 0.00460. The standard InChI is InChI=1S/C6H10ClNO2.C2H4ClNO/c7-5-6(9)8-1-3-10-4-2-8;3-1-2(4)5/h1-5H2;1H2,(H2,4,5). The van der Waals surface area contributed by atoms with Crippen molar-refractivity contribution in [2.24, 2.45) is 5.73 Å². The molecule has 0 unspecified atom stereocenters. The Balaban J connectivity index is 0.000000336. The van der Waals surface area contributed by atoms with Crippen LogP contribution in [0.1, 0.15) is 0 Å². The highest BCUT2D eigenvalue weighted by Gasteiger charge is 2.14. The summed E-state index contributed by atoms with van der Waals surface area (Å²) in [7, 11) is 0. The van der Waals surface area contributed by atoms with E-state index in [1.165, 1.54) is 0 Å². The molecule has 0 aromatic rings. The average molecular weight is 257 g/mol. The van der Waals surface area contributed by atoms with Crippen LogP contribution >= 0.6 is 23.2 Å². The van der Waals surface area contributed by atoms with Gasteiger partial charge in [0, 0.05) is 13.1 Å². The lowest BCUT2D eigenvalue weighted by Crippen LogP contribution is -2.41. The molecule has 0 spiro atoms. The summed E-state index contributed by atoms with van der Waals surface area (Å²) in [6, 6.07) is 0. The number of halogens is 2. The minimum atomic E-state index is -0.480. The fourth-order valence-electron chi connectivity index (χ4n) is 0.897. The van der Waals surface area contributed by atoms with Crippen LogP contribution in [-0.2, 0) is 14.3 Å². The van der Waals surface area contributed by atoms with E-state index in [1.54, 1.807) is 4.90 Å². The molecule has 1 heterocycles. The van der Waals surface area contributed by atoms with Crippen LogP contribution in [0.2, 0.25) is 0 Å². The minimum Gasteiger partial charge on any atom is -0.378 e. The SMILES string of the molecule is NC(=O)CCl.O=C(CCl)N1CCOCC1. The first-order valence-electron chi connectivity index (χ1n) is 4.37. The van der Waals surface area contributed by atoms with Gasteiger partial charge in [0.2, 0.25) is 11.8 Å². The van der Waals surface area contributed by atoms with Gasteiger partial charge in [0.15, 0.2) is 0 Å². The van der Waals surface area contributed by atoms with Crippen LogP contribution in [0.3, 0.4) is 0 Å². The van der Waals surface area contributed by atoms with Crippen molar-refractivity contribution in [2.45, 2.75) is 0 Å². The predicted molar refractivity (Wildman–Crippen MR) is 58.0 cm³/mol. The third-order valence-electron chi connectivity index (χ3n) is 1.61. The third-order valence-corrected chi connectivity index (χ3v) is 2.10. The van der Waals surface area contributed by atoms with Gasteiger partial charge in [0.05, 0.1) is 13.2 Å². The van der Waals surface area contributed by atoms with E-state index in [0.717, 1.165) is 0 Å². The third kappa shape index (κ3) is 7.41. The van der Waals surface area contributed by atoms with Gasteiger partial charge in [-0.15, -0.1) is 23.2 Å². The van der Waals surface area contributed by atoms with Gasteiger partial charge in [0.25, 0.3) is 0 Å². The van der Waals surface area contributed by atoms with E-state index in [-0.39, 0.29) is 17.7 Å². The zero-order valence-corrected chi connectivity index (χ0v) is 9.76. The summed E-state index contributed by atoms with van der Waals surface area (Å²) in [5, 5.41) is 0. The molecule has 1 fully saturated rings. The lowest BCUT2D eigenvalue weighted by molar-refractivity contribution is -0.132. The van der Waals surface area contributed by atoms with E-state index in [0.29, 0.717) is 26.3 Å². The maximum absolute atomic E-state index is 10.9. The molecule has 5 nitrogen and oxygen atoms in total. The summed E-state index contributed by atoms with van der Waals surface area (Å²) < 4.78 is 5.06. The van der Waals surface area contributed by atoms with Crippen molar-refractivity contribution < 1.29 is 14.3 Å². The van der Waals surface area contributed by atoms with E-state index in [9.17, 15) is 9.59 Å². The van der Waals surface area contributed by atoms with E-state index >= 15 is 0 Å². The van der Waals surface area contributed by atoms with E-state index in [4.69, 9.17) is 27.9 Å². The van der Waals surface area contributed by atoms with Gasteiger partial charge >= 0.3 is 0 Å². The molecule has 2 amide bonds. The molecular weight excluding hydrogens is 243 g/mol. The molecule has 7 heteroatoms. The first kappa shape index (κ1) is 14.5. The molecular formula is C8H14Cl2N2O3. The Hall–Kier alpha value is -0.520. The lowest BCUT2D eigenvalue weighted by Gasteiger charge is -2.25. The topological polar surface area (TPSA) is 72.6 Å². The van der Waals surface area contributed by atoms with Crippen LogP contribution in [-0.4, -0.2) is 54.8 Å². The molecule has 0 saturated carbocycles. The molecule has 0 aromatic heterocycles. The van der Waals surface area contributed by atoms with Crippen LogP contribution in [0.25, 0.3) is 0 Å². The molecule has 1 aliphatic rings. The van der Waals surface area contributed by atoms with Gasteiger partial charge in [-0.1, -0.05) is 0 Å². The number of rotatable bonds is 2. The van der Waals surface area contributed by atoms with Crippen molar-refractivity contribution >= 4 is 35.0 Å². The molecule has 0 atom stereocenters. The lowest BCUT2D eigenvalue weighted by atomic mass is 10.4. The maximum Gasteiger partial charge on any atom is 0.237 e. The molecule has 15 heavy (non-hydrogen) atoms. The molecule has 2 N–H and O–H groups in total. The van der Waals surface area contributed by atoms with E-state index in [2.05, 4.69) is 5.73 Å². The zero-order valence-electron chi connectivity index (χ0n) is 8.25. The summed E-state index contributed by atoms with van der Waals surface area (Å²) >= 11 is 10.2. The van der Waals surface area contributed by atoms with Crippen LogP contribution in [0, 0.1) is 0 Å². The normalized spacial score (nSPS) is 15.2. The highest BCUT2D eigenvalue weighted by atomic mass is 35.5. The predicted octanol–water partition coefficient (Wildman–Crippen LogP) is -0.206. The Kier molecular flexibility index (Phi) is 8.46. The van der Waals surface area contributed by atoms with Gasteiger partial charge in [-0.05, 0) is 0 Å². The number of hydrogen-bond acceptors (Lipinski definition) is 3. The molecule has 1 aliphatic heterocycles. The van der Waals surface area contributed by atoms with Crippen molar-refractivity contribution in [3.05, 3.63) is 0 Å². The molecule has 0 bridgehead atoms. The number of carbonyl (C=O) groups excluding carboxylic acids is 2. The highest BCUT2D eigenvalue weighted by molar-refractivity contribution is 6.27. The number of alkyl halides is 2. The summed E-state index contributed by atoms with van der Waals surface area (Å²) in [4.78, 5) is 22.1. The van der Waals surface area contributed by atoms with Gasteiger partial charge in [-0.2, -0.15) is 0 Å². The van der Waals surface area contributed by atoms with Gasteiger partial charge in [0.1, 0.15) is 11.8 Å². The van der Waals surface area contributed by atoms with Crippen LogP contribution in [0.5, 0.6) is 0 Å². The number of amides is 2. The van der Waals surface area contributed by atoms with E-state index < -0.39 is 5.91 Å². The maximum atomic E-state index is 10.9. The number of ether oxygens (including phenoxy) is 1. The van der Waals surface area contributed by atoms with Crippen molar-refractivity contribution in [3.8, 4) is 0 Å². The van der Waals surface area contributed by atoms with Crippen molar-refractivity contribution in [3.63, 3.8) is 0 Å². The number of morpholine rings is 1.